The number of carbonyl (C=O) groups is 3. The zero-order valence-electron chi connectivity index (χ0n) is 20.5. The largest absolute Gasteiger partial charge is 0.477 e. The van der Waals surface area contributed by atoms with Crippen molar-refractivity contribution in [3.05, 3.63) is 40.1 Å². The van der Waals surface area contributed by atoms with E-state index in [1.54, 1.807) is 10.9 Å². The predicted molar refractivity (Wildman–Crippen MR) is 139 cm³/mol. The number of rotatable bonds is 9. The van der Waals surface area contributed by atoms with Crippen LogP contribution in [0.1, 0.15) is 5.69 Å². The Morgan fingerprint density at radius 2 is 2.05 bits per heavy atom. The molecule has 2 amide bonds. The van der Waals surface area contributed by atoms with Crippen LogP contribution >= 0.6 is 23.1 Å². The number of nitrogens with one attached hydrogen (secondary N) is 2. The van der Waals surface area contributed by atoms with E-state index in [4.69, 9.17) is 33.5 Å². The van der Waals surface area contributed by atoms with E-state index in [9.17, 15) is 24.6 Å². The van der Waals surface area contributed by atoms with Gasteiger partial charge in [0.15, 0.2) is 10.8 Å². The molecular weight excluding hydrogens is 596 g/mol. The minimum absolute atomic E-state index is 0.122. The third kappa shape index (κ3) is 7.05. The highest BCUT2D eigenvalue weighted by Crippen LogP contribution is 2.40. The van der Waals surface area contributed by atoms with Crippen molar-refractivity contribution in [1.29, 1.82) is 5.41 Å². The van der Waals surface area contributed by atoms with Crippen LogP contribution in [0.3, 0.4) is 0 Å². The highest BCUT2D eigenvalue weighted by Gasteiger charge is 2.54. The molecule has 0 radical (unpaired) electrons. The third-order valence-electron chi connectivity index (χ3n) is 5.36. The molecular formula is C19H24N8O10S3. The Kier molecular flexibility index (Phi) is 9.70. The molecule has 0 spiro atoms. The van der Waals surface area contributed by atoms with Gasteiger partial charge < -0.3 is 26.1 Å². The molecule has 1 saturated heterocycles. The Labute approximate surface area is 233 Å². The molecule has 18 nitrogen and oxygen atoms in total. The molecule has 4 rings (SSSR count). The molecule has 4 heterocycles. The van der Waals surface area contributed by atoms with Crippen LogP contribution in [0.25, 0.3) is 0 Å². The average molecular weight is 621 g/mol. The fraction of sp³-hybridized carbons (Fsp3) is 0.368. The summed E-state index contributed by atoms with van der Waals surface area (Å²) in [6.45, 7) is 0.108. The summed E-state index contributed by atoms with van der Waals surface area (Å²) < 4.78 is 34.7. The first-order valence-electron chi connectivity index (χ1n) is 10.9. The number of aliphatic hydroxyl groups excluding tert-OH is 1. The zero-order valence-corrected chi connectivity index (χ0v) is 22.9. The SMILES string of the molecule is CO/N=C(/C(=O)NC1C(=O)N2C(C(=O)O)=C(Cn3ccc(=N)n3CCO)CSC12)c1csc(N)n1.O=S(=O)(O)O. The van der Waals surface area contributed by atoms with E-state index in [-0.39, 0.29) is 53.2 Å². The van der Waals surface area contributed by atoms with Crippen LogP contribution in [-0.4, -0.2) is 101 Å². The van der Waals surface area contributed by atoms with E-state index >= 15 is 0 Å². The number of fused-ring (bicyclic) bond motifs is 1. The lowest BCUT2D eigenvalue weighted by molar-refractivity contribution is -0.150. The van der Waals surface area contributed by atoms with Gasteiger partial charge in [0.1, 0.15) is 35.4 Å². The number of β-lactam (4-membered cyclic amide) rings is 1. The minimum Gasteiger partial charge on any atom is -0.477 e. The van der Waals surface area contributed by atoms with Crippen molar-refractivity contribution in [2.24, 2.45) is 5.16 Å². The Balaban J connectivity index is 0.000000810. The Morgan fingerprint density at radius 1 is 1.38 bits per heavy atom. The number of aliphatic carboxylic acids is 1. The Morgan fingerprint density at radius 3 is 2.60 bits per heavy atom. The van der Waals surface area contributed by atoms with Crippen LogP contribution in [0, 0.1) is 5.41 Å². The summed E-state index contributed by atoms with van der Waals surface area (Å²) >= 11 is 2.43. The summed E-state index contributed by atoms with van der Waals surface area (Å²) in [6, 6.07) is 0.567. The number of carboxylic acid groups (broad SMARTS) is 1. The molecule has 0 bridgehead atoms. The number of hydrogen-bond acceptors (Lipinski definition) is 13. The minimum atomic E-state index is -4.67. The molecule has 2 aliphatic heterocycles. The number of oxime groups is 1. The number of aromatic nitrogens is 3. The summed E-state index contributed by atoms with van der Waals surface area (Å²) in [7, 11) is -3.40. The number of nitrogen functional groups attached to an aromatic ring is 1. The second-order valence-electron chi connectivity index (χ2n) is 7.90. The van der Waals surface area contributed by atoms with Crippen LogP contribution in [0.15, 0.2) is 34.1 Å². The van der Waals surface area contributed by atoms with Gasteiger partial charge in [-0.25, -0.2) is 9.78 Å². The van der Waals surface area contributed by atoms with Crippen molar-refractivity contribution < 1.29 is 47.0 Å². The van der Waals surface area contributed by atoms with Crippen molar-refractivity contribution in [3.63, 3.8) is 0 Å². The lowest BCUT2D eigenvalue weighted by atomic mass is 10.0. The Hall–Kier alpha value is -3.76. The summed E-state index contributed by atoms with van der Waals surface area (Å²) in [6.07, 6.45) is 1.62. The van der Waals surface area contributed by atoms with E-state index in [1.807, 2.05) is 0 Å². The predicted octanol–water partition coefficient (Wildman–Crippen LogP) is -2.06. The van der Waals surface area contributed by atoms with Gasteiger partial charge in [-0.1, -0.05) is 5.16 Å². The molecule has 2 atom stereocenters. The van der Waals surface area contributed by atoms with E-state index in [0.717, 1.165) is 16.2 Å². The monoisotopic (exact) mass is 620 g/mol. The number of nitrogens with two attached hydrogens (primary N) is 1. The van der Waals surface area contributed by atoms with Gasteiger partial charge in [0.05, 0.1) is 19.7 Å². The number of anilines is 1. The average Bonchev–Trinajstić information content (AvgIpc) is 3.45. The lowest BCUT2D eigenvalue weighted by Gasteiger charge is -2.49. The first kappa shape index (κ1) is 30.8. The number of thiazole rings is 1. The summed E-state index contributed by atoms with van der Waals surface area (Å²) in [5, 5.41) is 34.5. The van der Waals surface area contributed by atoms with E-state index < -0.39 is 39.6 Å². The van der Waals surface area contributed by atoms with Gasteiger partial charge in [-0.3, -0.25) is 38.4 Å². The second kappa shape index (κ2) is 12.6. The van der Waals surface area contributed by atoms with Crippen molar-refractivity contribution in [3.8, 4) is 0 Å². The molecule has 40 heavy (non-hydrogen) atoms. The standard InChI is InChI=1S/C19H22N8O6S2.H2O4S/c1-33-24-12(10-8-35-19(21)22-10)15(29)23-13-16(30)27-14(18(31)32)9(7-34-17(13)27)6-25-3-2-11(20)26(25)4-5-28;1-5(2,3)4/h2-3,8,13,17,20,28H,4-7H2,1H3,(H2,21,22)(H,23,29)(H,31,32);(H2,1,2,3,4)/b20-11?,24-12+;. The van der Waals surface area contributed by atoms with Crippen LogP contribution in [0.2, 0.25) is 0 Å². The van der Waals surface area contributed by atoms with Gasteiger partial charge in [0.2, 0.25) is 0 Å². The molecule has 2 aromatic heterocycles. The summed E-state index contributed by atoms with van der Waals surface area (Å²) in [5.41, 5.74) is 6.14. The molecule has 0 aliphatic carbocycles. The van der Waals surface area contributed by atoms with Crippen molar-refractivity contribution in [2.45, 2.75) is 24.5 Å². The number of hydrogen-bond donors (Lipinski definition) is 7. The van der Waals surface area contributed by atoms with E-state index in [1.165, 1.54) is 35.0 Å². The van der Waals surface area contributed by atoms with Gasteiger partial charge in [0.25, 0.3) is 11.8 Å². The molecule has 0 aromatic carbocycles. The first-order valence-corrected chi connectivity index (χ1v) is 14.2. The fourth-order valence-corrected chi connectivity index (χ4v) is 5.73. The van der Waals surface area contributed by atoms with Gasteiger partial charge >= 0.3 is 16.4 Å². The highest BCUT2D eigenvalue weighted by atomic mass is 32.3. The fourth-order valence-electron chi connectivity index (χ4n) is 3.85. The van der Waals surface area contributed by atoms with Crippen LogP contribution in [0.5, 0.6) is 0 Å². The zero-order chi connectivity index (χ0) is 29.8. The topological polar surface area (TPSA) is 276 Å². The van der Waals surface area contributed by atoms with Gasteiger partial charge in [-0.15, -0.1) is 23.1 Å². The van der Waals surface area contributed by atoms with Crippen molar-refractivity contribution in [1.82, 2.24) is 24.6 Å². The van der Waals surface area contributed by atoms with Gasteiger partial charge in [0, 0.05) is 17.3 Å². The smallest absolute Gasteiger partial charge is 0.394 e. The van der Waals surface area contributed by atoms with Crippen LogP contribution < -0.4 is 16.5 Å². The molecule has 8 N–H and O–H groups in total. The first-order chi connectivity index (χ1) is 18.8. The molecule has 0 saturated carbocycles. The number of carboxylic acids is 1. The van der Waals surface area contributed by atoms with Gasteiger partial charge in [-0.05, 0) is 11.6 Å². The van der Waals surface area contributed by atoms with E-state index in [0.29, 0.717) is 5.57 Å². The Bertz CT molecular complexity index is 1520. The molecule has 2 unspecified atom stereocenters. The maximum atomic E-state index is 13.0. The van der Waals surface area contributed by atoms with Crippen LogP contribution in [-0.2, 0) is 42.7 Å². The lowest BCUT2D eigenvalue weighted by Crippen LogP contribution is -2.71. The number of thioether (sulfide) groups is 1. The maximum Gasteiger partial charge on any atom is 0.394 e. The second-order valence-corrected chi connectivity index (χ2v) is 10.8. The van der Waals surface area contributed by atoms with Crippen LogP contribution in [0.4, 0.5) is 5.13 Å². The number of nitrogens with zero attached hydrogens (tertiary/aromatic N) is 5. The molecule has 21 heteroatoms. The quantitative estimate of drug-likeness (QED) is 0.0688. The number of carbonyl (C=O) groups excluding carboxylic acids is 2. The summed E-state index contributed by atoms with van der Waals surface area (Å²) in [5.74, 6) is -2.26. The number of aliphatic hydroxyl groups is 1. The third-order valence-corrected chi connectivity index (χ3v) is 7.37. The molecule has 2 aromatic rings. The van der Waals surface area contributed by atoms with Crippen molar-refractivity contribution >= 4 is 62.1 Å². The molecule has 1 fully saturated rings. The highest BCUT2D eigenvalue weighted by molar-refractivity contribution is 8.00. The molecule has 218 valence electrons. The van der Waals surface area contributed by atoms with Gasteiger partial charge in [-0.2, -0.15) is 8.42 Å². The maximum absolute atomic E-state index is 13.0. The summed E-state index contributed by atoms with van der Waals surface area (Å²) in [4.78, 5) is 47.8. The molecule has 2 aliphatic rings. The normalized spacial score (nSPS) is 18.9. The number of amides is 2. The van der Waals surface area contributed by atoms with E-state index in [2.05, 4.69) is 15.5 Å². The van der Waals surface area contributed by atoms with Crippen molar-refractivity contribution in [2.75, 3.05) is 25.2 Å².